The largest absolute Gasteiger partial charge is 0.496 e. The molecule has 0 saturated heterocycles. The highest BCUT2D eigenvalue weighted by atomic mass is 16.5. The van der Waals surface area contributed by atoms with Crippen LogP contribution in [0.25, 0.3) is 0 Å². The molecule has 0 fully saturated rings. The van der Waals surface area contributed by atoms with E-state index < -0.39 is 6.10 Å². The summed E-state index contributed by atoms with van der Waals surface area (Å²) in [5.74, 6) is 0.867. The number of methoxy groups -OCH3 is 1. The van der Waals surface area contributed by atoms with Crippen molar-refractivity contribution in [2.24, 2.45) is 0 Å². The Labute approximate surface area is 126 Å². The Bertz CT molecular complexity index is 596. The van der Waals surface area contributed by atoms with Crippen LogP contribution in [0.4, 0.5) is 0 Å². The van der Waals surface area contributed by atoms with Crippen LogP contribution in [0.1, 0.15) is 28.4 Å². The molecule has 0 amide bonds. The van der Waals surface area contributed by atoms with Gasteiger partial charge in [-0.3, -0.25) is 0 Å². The molecule has 0 spiro atoms. The minimum Gasteiger partial charge on any atom is -0.496 e. The molecule has 0 aromatic heterocycles. The van der Waals surface area contributed by atoms with E-state index in [1.165, 1.54) is 5.56 Å². The van der Waals surface area contributed by atoms with E-state index in [9.17, 15) is 5.11 Å². The highest BCUT2D eigenvalue weighted by molar-refractivity contribution is 5.34. The van der Waals surface area contributed by atoms with Gasteiger partial charge in [0.05, 0.1) is 13.2 Å². The number of aryl methyl sites for hydroxylation is 2. The lowest BCUT2D eigenvalue weighted by atomic mass is 10.0. The number of nitrogens with one attached hydrogen (secondary N) is 1. The van der Waals surface area contributed by atoms with E-state index in [4.69, 9.17) is 4.74 Å². The average Bonchev–Trinajstić information content (AvgIpc) is 2.47. The summed E-state index contributed by atoms with van der Waals surface area (Å²) in [5, 5.41) is 13.6. The molecule has 0 aliphatic heterocycles. The van der Waals surface area contributed by atoms with Crippen molar-refractivity contribution in [3.63, 3.8) is 0 Å². The van der Waals surface area contributed by atoms with Gasteiger partial charge in [-0.25, -0.2) is 0 Å². The molecule has 1 atom stereocenters. The molecule has 21 heavy (non-hydrogen) atoms. The zero-order valence-corrected chi connectivity index (χ0v) is 12.9. The average molecular weight is 285 g/mol. The Morgan fingerprint density at radius 1 is 1.14 bits per heavy atom. The van der Waals surface area contributed by atoms with Crippen LogP contribution in [0.3, 0.4) is 0 Å². The predicted molar refractivity (Wildman–Crippen MR) is 85.6 cm³/mol. The van der Waals surface area contributed by atoms with E-state index in [0.717, 1.165) is 22.4 Å². The van der Waals surface area contributed by atoms with Crippen molar-refractivity contribution < 1.29 is 9.84 Å². The molecule has 1 unspecified atom stereocenters. The van der Waals surface area contributed by atoms with Gasteiger partial charge in [-0.05, 0) is 31.0 Å². The summed E-state index contributed by atoms with van der Waals surface area (Å²) in [6, 6.07) is 14.0. The number of aliphatic hydroxyl groups is 1. The Balaban J connectivity index is 1.93. The molecule has 0 bridgehead atoms. The fourth-order valence-corrected chi connectivity index (χ4v) is 2.50. The maximum Gasteiger partial charge on any atom is 0.123 e. The first-order chi connectivity index (χ1) is 10.1. The molecular formula is C18H23NO2. The van der Waals surface area contributed by atoms with E-state index in [1.807, 2.05) is 43.3 Å². The number of aliphatic hydroxyl groups excluding tert-OH is 1. The van der Waals surface area contributed by atoms with Crippen LogP contribution in [-0.4, -0.2) is 18.8 Å². The van der Waals surface area contributed by atoms with Crippen LogP contribution >= 0.6 is 0 Å². The van der Waals surface area contributed by atoms with E-state index >= 15 is 0 Å². The summed E-state index contributed by atoms with van der Waals surface area (Å²) in [6.45, 7) is 5.28. The zero-order valence-electron chi connectivity index (χ0n) is 12.9. The van der Waals surface area contributed by atoms with Crippen LogP contribution in [0, 0.1) is 13.8 Å². The lowest BCUT2D eigenvalue weighted by molar-refractivity contribution is 0.173. The standard InChI is InChI=1S/C18H23NO2/c1-13-8-9-16(14(2)10-13)17(20)12-19-11-15-6-4-5-7-18(15)21-3/h4-10,17,19-20H,11-12H2,1-3H3. The summed E-state index contributed by atoms with van der Waals surface area (Å²) < 4.78 is 5.32. The highest BCUT2D eigenvalue weighted by Gasteiger charge is 2.10. The number of hydrogen-bond donors (Lipinski definition) is 2. The summed E-state index contributed by atoms with van der Waals surface area (Å²) in [7, 11) is 1.67. The Kier molecular flexibility index (Phi) is 5.37. The van der Waals surface area contributed by atoms with Crippen LogP contribution in [0.15, 0.2) is 42.5 Å². The molecule has 2 rings (SSSR count). The van der Waals surface area contributed by atoms with Gasteiger partial charge in [0.25, 0.3) is 0 Å². The highest BCUT2D eigenvalue weighted by Crippen LogP contribution is 2.20. The van der Waals surface area contributed by atoms with E-state index in [-0.39, 0.29) is 0 Å². The Morgan fingerprint density at radius 3 is 2.62 bits per heavy atom. The van der Waals surface area contributed by atoms with Gasteiger partial charge in [-0.15, -0.1) is 0 Å². The zero-order chi connectivity index (χ0) is 15.2. The van der Waals surface area contributed by atoms with Gasteiger partial charge in [0.15, 0.2) is 0 Å². The molecule has 0 heterocycles. The third-order valence-electron chi connectivity index (χ3n) is 3.63. The molecular weight excluding hydrogens is 262 g/mol. The summed E-state index contributed by atoms with van der Waals surface area (Å²) in [5.41, 5.74) is 4.41. The fourth-order valence-electron chi connectivity index (χ4n) is 2.50. The Morgan fingerprint density at radius 2 is 1.90 bits per heavy atom. The molecule has 0 aliphatic carbocycles. The topological polar surface area (TPSA) is 41.5 Å². The van der Waals surface area contributed by atoms with Gasteiger partial charge in [-0.2, -0.15) is 0 Å². The number of rotatable bonds is 6. The minimum absolute atomic E-state index is 0.500. The predicted octanol–water partition coefficient (Wildman–Crippen LogP) is 3.14. The van der Waals surface area contributed by atoms with Crippen molar-refractivity contribution in [2.45, 2.75) is 26.5 Å². The number of hydrogen-bond acceptors (Lipinski definition) is 3. The van der Waals surface area contributed by atoms with Crippen molar-refractivity contribution in [2.75, 3.05) is 13.7 Å². The van der Waals surface area contributed by atoms with E-state index in [2.05, 4.69) is 18.3 Å². The van der Waals surface area contributed by atoms with Gasteiger partial charge in [0.2, 0.25) is 0 Å². The normalized spacial score (nSPS) is 12.2. The Hall–Kier alpha value is -1.84. The van der Waals surface area contributed by atoms with Gasteiger partial charge in [0, 0.05) is 18.7 Å². The monoisotopic (exact) mass is 285 g/mol. The maximum absolute atomic E-state index is 10.3. The van der Waals surface area contributed by atoms with Crippen molar-refractivity contribution in [3.8, 4) is 5.75 Å². The second kappa shape index (κ2) is 7.25. The van der Waals surface area contributed by atoms with E-state index in [0.29, 0.717) is 13.1 Å². The first-order valence-electron chi connectivity index (χ1n) is 7.19. The van der Waals surface area contributed by atoms with Gasteiger partial charge < -0.3 is 15.2 Å². The van der Waals surface area contributed by atoms with E-state index in [1.54, 1.807) is 7.11 Å². The minimum atomic E-state index is -0.500. The van der Waals surface area contributed by atoms with Crippen LogP contribution in [0.2, 0.25) is 0 Å². The number of ether oxygens (including phenoxy) is 1. The molecule has 2 aromatic rings. The first kappa shape index (κ1) is 15.5. The van der Waals surface area contributed by atoms with Gasteiger partial charge >= 0.3 is 0 Å². The van der Waals surface area contributed by atoms with Crippen molar-refractivity contribution >= 4 is 0 Å². The van der Waals surface area contributed by atoms with Crippen LogP contribution in [-0.2, 0) is 6.54 Å². The molecule has 0 saturated carbocycles. The maximum atomic E-state index is 10.3. The summed E-state index contributed by atoms with van der Waals surface area (Å²) in [4.78, 5) is 0. The molecule has 3 heteroatoms. The van der Waals surface area contributed by atoms with Crippen molar-refractivity contribution in [1.82, 2.24) is 5.32 Å². The summed E-state index contributed by atoms with van der Waals surface area (Å²) >= 11 is 0. The molecule has 2 N–H and O–H groups in total. The lowest BCUT2D eigenvalue weighted by Gasteiger charge is -2.16. The first-order valence-corrected chi connectivity index (χ1v) is 7.19. The molecule has 3 nitrogen and oxygen atoms in total. The quantitative estimate of drug-likeness (QED) is 0.857. The van der Waals surface area contributed by atoms with Gasteiger partial charge in [0.1, 0.15) is 5.75 Å². The molecule has 0 radical (unpaired) electrons. The fraction of sp³-hybridized carbons (Fsp3) is 0.333. The van der Waals surface area contributed by atoms with Crippen molar-refractivity contribution in [3.05, 3.63) is 64.7 Å². The smallest absolute Gasteiger partial charge is 0.123 e. The van der Waals surface area contributed by atoms with Crippen LogP contribution in [0.5, 0.6) is 5.75 Å². The SMILES string of the molecule is COc1ccccc1CNCC(O)c1ccc(C)cc1C. The third-order valence-corrected chi connectivity index (χ3v) is 3.63. The second-order valence-corrected chi connectivity index (χ2v) is 5.32. The molecule has 2 aromatic carbocycles. The van der Waals surface area contributed by atoms with Crippen molar-refractivity contribution in [1.29, 1.82) is 0 Å². The molecule has 0 aliphatic rings. The second-order valence-electron chi connectivity index (χ2n) is 5.32. The van der Waals surface area contributed by atoms with Crippen LogP contribution < -0.4 is 10.1 Å². The number of benzene rings is 2. The number of para-hydroxylation sites is 1. The molecule has 112 valence electrons. The lowest BCUT2D eigenvalue weighted by Crippen LogP contribution is -2.21. The van der Waals surface area contributed by atoms with Gasteiger partial charge in [-0.1, -0.05) is 42.0 Å². The third kappa shape index (κ3) is 4.06. The summed E-state index contributed by atoms with van der Waals surface area (Å²) in [6.07, 6.45) is -0.500.